The second-order valence-electron chi connectivity index (χ2n) is 13.1. The van der Waals surface area contributed by atoms with Crippen molar-refractivity contribution in [2.45, 2.75) is 6.18 Å². The highest BCUT2D eigenvalue weighted by molar-refractivity contribution is 6.02. The molecule has 26 heteroatoms. The summed E-state index contributed by atoms with van der Waals surface area (Å²) in [6.45, 7) is 0. The van der Waals surface area contributed by atoms with Crippen LogP contribution in [0.5, 0.6) is 28.7 Å². The van der Waals surface area contributed by atoms with Crippen LogP contribution in [0, 0.1) is 30.3 Å². The summed E-state index contributed by atoms with van der Waals surface area (Å²) < 4.78 is 47.9. The van der Waals surface area contributed by atoms with E-state index in [0.717, 1.165) is 48.5 Å². The predicted octanol–water partition coefficient (Wildman–Crippen LogP) is 9.87. The van der Waals surface area contributed by atoms with Crippen LogP contribution < -0.4 is 41.4 Å². The molecule has 0 aliphatic carbocycles. The number of carbonyl (C=O) groups is 3. The second kappa shape index (κ2) is 23.2. The molecule has 0 bridgehead atoms. The smallest absolute Gasteiger partial charge is 0.416 e. The SMILES string of the molecule is COc1cccc(NC(=O)Nc2ccc([N+](=O)[O-])cc2O)c1.COc1ccccc1NC(=O)Nc1ccc([N+](=O)[O-])cc1O.O=C(Nc1cccc(C(F)(F)F)c1)Nc1ccc([N+](=O)[O-])cc1O. The minimum Gasteiger partial charge on any atom is -0.506 e. The second-order valence-corrected chi connectivity index (χ2v) is 13.1. The van der Waals surface area contributed by atoms with Crippen LogP contribution in [0.4, 0.5) is 78.7 Å². The van der Waals surface area contributed by atoms with Gasteiger partial charge in [-0.25, -0.2) is 14.4 Å². The number of carbonyl (C=O) groups excluding carboxylic acids is 3. The molecule has 354 valence electrons. The Bertz CT molecular complexity index is 2830. The molecule has 0 saturated carbocycles. The van der Waals surface area contributed by atoms with Crippen LogP contribution in [0.15, 0.2) is 127 Å². The number of alkyl halides is 3. The predicted molar refractivity (Wildman–Crippen MR) is 240 cm³/mol. The number of para-hydroxylation sites is 2. The fourth-order valence-electron chi connectivity index (χ4n) is 5.29. The number of ether oxygens (including phenoxy) is 2. The number of methoxy groups -OCH3 is 2. The summed E-state index contributed by atoms with van der Waals surface area (Å²) in [5.41, 5.74) is -1.03. The molecule has 0 saturated heterocycles. The Hall–Kier alpha value is -9.88. The Balaban J connectivity index is 0.000000223. The van der Waals surface area contributed by atoms with Crippen molar-refractivity contribution in [3.63, 3.8) is 0 Å². The van der Waals surface area contributed by atoms with Crippen LogP contribution in [-0.4, -0.2) is 62.4 Å². The average molecular weight is 948 g/mol. The third-order valence-corrected chi connectivity index (χ3v) is 8.45. The van der Waals surface area contributed by atoms with Crippen molar-refractivity contribution in [2.75, 3.05) is 46.1 Å². The minimum atomic E-state index is -4.55. The molecule has 0 spiro atoms. The first-order valence-corrected chi connectivity index (χ1v) is 18.8. The molecule has 0 fully saturated rings. The largest absolute Gasteiger partial charge is 0.506 e. The quantitative estimate of drug-likeness (QED) is 0.0331. The first kappa shape index (κ1) is 50.8. The molecule has 6 aromatic carbocycles. The van der Waals surface area contributed by atoms with E-state index in [1.807, 2.05) is 0 Å². The third-order valence-electron chi connectivity index (χ3n) is 8.45. The van der Waals surface area contributed by atoms with Gasteiger partial charge >= 0.3 is 24.3 Å². The van der Waals surface area contributed by atoms with Gasteiger partial charge in [0.2, 0.25) is 0 Å². The first-order valence-electron chi connectivity index (χ1n) is 18.8. The number of rotatable bonds is 11. The number of nitrogens with zero attached hydrogens (tertiary/aromatic N) is 3. The summed E-state index contributed by atoms with van der Waals surface area (Å²) >= 11 is 0. The maximum Gasteiger partial charge on any atom is 0.416 e. The van der Waals surface area contributed by atoms with E-state index >= 15 is 0 Å². The molecule has 9 N–H and O–H groups in total. The van der Waals surface area contributed by atoms with Crippen molar-refractivity contribution >= 4 is 69.3 Å². The van der Waals surface area contributed by atoms with E-state index in [9.17, 15) is 73.2 Å². The van der Waals surface area contributed by atoms with Gasteiger partial charge in [0.05, 0.1) is 75.5 Å². The van der Waals surface area contributed by atoms with Crippen LogP contribution in [0.2, 0.25) is 0 Å². The number of hydrogen-bond donors (Lipinski definition) is 9. The lowest BCUT2D eigenvalue weighted by molar-refractivity contribution is -0.385. The number of benzene rings is 6. The number of non-ortho nitro benzene ring substituents is 3. The summed E-state index contributed by atoms with van der Waals surface area (Å²) in [6, 6.07) is 25.1. The summed E-state index contributed by atoms with van der Waals surface area (Å²) in [5.74, 6) is -0.288. The highest BCUT2D eigenvalue weighted by Crippen LogP contribution is 2.33. The summed E-state index contributed by atoms with van der Waals surface area (Å²) in [5, 5.41) is 74.9. The van der Waals surface area contributed by atoms with Gasteiger partial charge in [0.25, 0.3) is 17.1 Å². The lowest BCUT2D eigenvalue weighted by Crippen LogP contribution is -2.20. The molecular formula is C42H36F3N9O14. The molecule has 0 radical (unpaired) electrons. The van der Waals surface area contributed by atoms with Crippen LogP contribution in [0.1, 0.15) is 5.56 Å². The van der Waals surface area contributed by atoms with Gasteiger partial charge in [-0.05, 0) is 60.7 Å². The van der Waals surface area contributed by atoms with Gasteiger partial charge in [0.15, 0.2) is 0 Å². The van der Waals surface area contributed by atoms with Crippen molar-refractivity contribution in [3.05, 3.63) is 163 Å². The average Bonchev–Trinajstić information content (AvgIpc) is 3.28. The summed E-state index contributed by atoms with van der Waals surface area (Å²) in [6.07, 6.45) is -4.55. The summed E-state index contributed by atoms with van der Waals surface area (Å²) in [7, 11) is 2.98. The van der Waals surface area contributed by atoms with Crippen molar-refractivity contribution < 1.29 is 67.1 Å². The number of phenolic OH excluding ortho intramolecular Hbond substituents is 3. The number of amides is 6. The molecule has 6 amide bonds. The Morgan fingerprint density at radius 1 is 0.485 bits per heavy atom. The van der Waals surface area contributed by atoms with Crippen molar-refractivity contribution in [1.82, 2.24) is 0 Å². The van der Waals surface area contributed by atoms with E-state index in [0.29, 0.717) is 22.9 Å². The highest BCUT2D eigenvalue weighted by Gasteiger charge is 2.30. The number of hydrogen-bond acceptors (Lipinski definition) is 14. The number of nitro benzene ring substituents is 3. The molecule has 0 heterocycles. The van der Waals surface area contributed by atoms with Gasteiger partial charge in [-0.1, -0.05) is 24.3 Å². The molecule has 0 atom stereocenters. The Morgan fingerprint density at radius 3 is 1.28 bits per heavy atom. The topological polar surface area (TPSA) is 332 Å². The lowest BCUT2D eigenvalue weighted by Gasteiger charge is -2.11. The molecule has 6 aromatic rings. The maximum absolute atomic E-state index is 12.6. The Kier molecular flexibility index (Phi) is 17.3. The van der Waals surface area contributed by atoms with Crippen molar-refractivity contribution in [2.24, 2.45) is 0 Å². The van der Waals surface area contributed by atoms with Gasteiger partial charge in [0, 0.05) is 35.6 Å². The van der Waals surface area contributed by atoms with E-state index < -0.39 is 61.9 Å². The van der Waals surface area contributed by atoms with Gasteiger partial charge in [0.1, 0.15) is 28.7 Å². The molecule has 0 aliphatic rings. The van der Waals surface area contributed by atoms with E-state index in [1.54, 1.807) is 48.5 Å². The van der Waals surface area contributed by atoms with Crippen molar-refractivity contribution in [3.8, 4) is 28.7 Å². The zero-order valence-electron chi connectivity index (χ0n) is 34.9. The van der Waals surface area contributed by atoms with Crippen LogP contribution in [0.3, 0.4) is 0 Å². The van der Waals surface area contributed by atoms with Crippen molar-refractivity contribution in [1.29, 1.82) is 0 Å². The molecule has 68 heavy (non-hydrogen) atoms. The molecule has 0 unspecified atom stereocenters. The van der Waals surface area contributed by atoms with Gasteiger partial charge in [-0.2, -0.15) is 13.2 Å². The monoisotopic (exact) mass is 947 g/mol. The van der Waals surface area contributed by atoms with Gasteiger partial charge in [-0.15, -0.1) is 0 Å². The Labute approximate surface area is 380 Å². The normalized spacial score (nSPS) is 10.2. The summed E-state index contributed by atoms with van der Waals surface area (Å²) in [4.78, 5) is 65.2. The maximum atomic E-state index is 12.6. The van der Waals surface area contributed by atoms with Crippen LogP contribution >= 0.6 is 0 Å². The van der Waals surface area contributed by atoms with E-state index in [2.05, 4.69) is 31.9 Å². The van der Waals surface area contributed by atoms with Gasteiger partial charge in [-0.3, -0.25) is 30.3 Å². The molecule has 23 nitrogen and oxygen atoms in total. The third kappa shape index (κ3) is 15.1. The first-order chi connectivity index (χ1) is 32.2. The number of aromatic hydroxyl groups is 3. The number of anilines is 6. The van der Waals surface area contributed by atoms with E-state index in [-0.39, 0.29) is 39.8 Å². The number of nitro groups is 3. The van der Waals surface area contributed by atoms with Crippen LogP contribution in [0.25, 0.3) is 0 Å². The fraction of sp³-hybridized carbons (Fsp3) is 0.0714. The van der Waals surface area contributed by atoms with Crippen LogP contribution in [-0.2, 0) is 6.18 Å². The van der Waals surface area contributed by atoms with E-state index in [1.165, 1.54) is 44.6 Å². The zero-order chi connectivity index (χ0) is 50.1. The van der Waals surface area contributed by atoms with Gasteiger partial charge < -0.3 is 56.7 Å². The minimum absolute atomic E-state index is 0.0537. The molecule has 0 aromatic heterocycles. The highest BCUT2D eigenvalue weighted by atomic mass is 19.4. The Morgan fingerprint density at radius 2 is 0.882 bits per heavy atom. The lowest BCUT2D eigenvalue weighted by atomic mass is 10.2. The number of urea groups is 3. The fourth-order valence-corrected chi connectivity index (χ4v) is 5.29. The molecule has 0 aliphatic heterocycles. The van der Waals surface area contributed by atoms with E-state index in [4.69, 9.17) is 9.47 Å². The standard InChI is InChI=1S/C14H10F3N3O4.2C14H13N3O5/c15-14(16,17)8-2-1-3-9(6-8)18-13(22)19-11-5-4-10(20(23)24)7-12(11)21;1-22-11-4-2-3-9(7-11)15-14(19)16-12-6-5-10(17(20)21)8-13(12)18;1-22-13-5-3-2-4-11(13)16-14(19)15-10-7-6-9(17(20)21)8-12(10)18/h1-7,21H,(H2,18,19,22);2*2-8,18H,1H3,(H2,15,16,19). The number of phenols is 3. The number of nitrogens with one attached hydrogen (secondary N) is 6. The molecular weight excluding hydrogens is 912 g/mol. The zero-order valence-corrected chi connectivity index (χ0v) is 34.9. The molecule has 6 rings (SSSR count). The number of halogens is 3.